The van der Waals surface area contributed by atoms with E-state index in [4.69, 9.17) is 9.40 Å². The lowest BCUT2D eigenvalue weighted by atomic mass is 10.0. The number of oxazole rings is 1. The Labute approximate surface area is 188 Å². The molecule has 1 aliphatic rings. The molecule has 1 atom stereocenters. The van der Waals surface area contributed by atoms with Gasteiger partial charge in [0.05, 0.1) is 6.42 Å². The van der Waals surface area contributed by atoms with E-state index in [0.717, 1.165) is 47.2 Å². The van der Waals surface area contributed by atoms with Gasteiger partial charge in [0.2, 0.25) is 11.8 Å². The van der Waals surface area contributed by atoms with Gasteiger partial charge in [-0.05, 0) is 53.8 Å². The SMILES string of the molecule is CN(C)c1ccc(-c2ccc3oc([C@@H]4CCCN4C(=O)Cc4ccccc4)nc3c2)cc1. The van der Waals surface area contributed by atoms with Gasteiger partial charge in [-0.2, -0.15) is 0 Å². The third kappa shape index (κ3) is 3.98. The van der Waals surface area contributed by atoms with Gasteiger partial charge in [0, 0.05) is 26.3 Å². The smallest absolute Gasteiger partial charge is 0.227 e. The third-order valence-corrected chi connectivity index (χ3v) is 6.18. The number of carbonyl (C=O) groups excluding carboxylic acids is 1. The van der Waals surface area contributed by atoms with Crippen LogP contribution in [0.5, 0.6) is 0 Å². The molecule has 1 amide bonds. The number of aromatic nitrogens is 1. The first-order valence-electron chi connectivity index (χ1n) is 11.1. The van der Waals surface area contributed by atoms with Crippen molar-refractivity contribution in [3.63, 3.8) is 0 Å². The predicted octanol–water partition coefficient (Wildman–Crippen LogP) is 5.47. The number of anilines is 1. The van der Waals surface area contributed by atoms with Crippen LogP contribution in [0, 0.1) is 0 Å². The summed E-state index contributed by atoms with van der Waals surface area (Å²) in [5, 5.41) is 0. The highest BCUT2D eigenvalue weighted by Gasteiger charge is 2.33. The van der Waals surface area contributed by atoms with Gasteiger partial charge in [-0.25, -0.2) is 4.98 Å². The Balaban J connectivity index is 1.38. The normalized spacial score (nSPS) is 15.9. The molecule has 5 nitrogen and oxygen atoms in total. The number of rotatable bonds is 5. The average molecular weight is 426 g/mol. The zero-order chi connectivity index (χ0) is 22.1. The lowest BCUT2D eigenvalue weighted by molar-refractivity contribution is -0.131. The maximum atomic E-state index is 13.0. The van der Waals surface area contributed by atoms with Gasteiger partial charge in [0.15, 0.2) is 5.58 Å². The van der Waals surface area contributed by atoms with Crippen molar-refractivity contribution in [2.45, 2.75) is 25.3 Å². The van der Waals surface area contributed by atoms with Crippen LogP contribution < -0.4 is 4.90 Å². The molecule has 0 N–H and O–H groups in total. The highest BCUT2D eigenvalue weighted by molar-refractivity contribution is 5.82. The summed E-state index contributed by atoms with van der Waals surface area (Å²) in [7, 11) is 4.07. The number of hydrogen-bond donors (Lipinski definition) is 0. The fourth-order valence-electron chi connectivity index (χ4n) is 4.41. The molecule has 0 spiro atoms. The van der Waals surface area contributed by atoms with E-state index in [1.165, 1.54) is 5.69 Å². The summed E-state index contributed by atoms with van der Waals surface area (Å²) in [6, 6.07) is 24.4. The molecule has 1 saturated heterocycles. The Bertz CT molecular complexity index is 1230. The van der Waals surface area contributed by atoms with Crippen LogP contribution in [-0.4, -0.2) is 36.4 Å². The molecular weight excluding hydrogens is 398 g/mol. The second-order valence-corrected chi connectivity index (χ2v) is 8.58. The van der Waals surface area contributed by atoms with Crippen LogP contribution in [0.25, 0.3) is 22.2 Å². The lowest BCUT2D eigenvalue weighted by Gasteiger charge is -2.22. The van der Waals surface area contributed by atoms with Gasteiger partial charge >= 0.3 is 0 Å². The van der Waals surface area contributed by atoms with Crippen LogP contribution in [0.3, 0.4) is 0 Å². The maximum absolute atomic E-state index is 13.0. The van der Waals surface area contributed by atoms with Crippen molar-refractivity contribution in [3.8, 4) is 11.1 Å². The molecule has 2 heterocycles. The summed E-state index contributed by atoms with van der Waals surface area (Å²) in [6.45, 7) is 0.749. The van der Waals surface area contributed by atoms with Crippen LogP contribution >= 0.6 is 0 Å². The molecular formula is C27H27N3O2. The number of fused-ring (bicyclic) bond motifs is 1. The predicted molar refractivity (Wildman–Crippen MR) is 128 cm³/mol. The third-order valence-electron chi connectivity index (χ3n) is 6.18. The van der Waals surface area contributed by atoms with E-state index in [2.05, 4.69) is 41.3 Å². The second kappa shape index (κ2) is 8.50. The van der Waals surface area contributed by atoms with Gasteiger partial charge in [-0.3, -0.25) is 4.79 Å². The molecule has 1 aromatic heterocycles. The quantitative estimate of drug-likeness (QED) is 0.426. The van der Waals surface area contributed by atoms with Crippen molar-refractivity contribution in [1.29, 1.82) is 0 Å². The molecule has 1 aliphatic heterocycles. The molecule has 0 unspecified atom stereocenters. The summed E-state index contributed by atoms with van der Waals surface area (Å²) in [6.07, 6.45) is 2.25. The summed E-state index contributed by atoms with van der Waals surface area (Å²) < 4.78 is 6.11. The van der Waals surface area contributed by atoms with Crippen molar-refractivity contribution < 1.29 is 9.21 Å². The van der Waals surface area contributed by atoms with Gasteiger partial charge < -0.3 is 14.2 Å². The van der Waals surface area contributed by atoms with E-state index in [0.29, 0.717) is 12.3 Å². The zero-order valence-electron chi connectivity index (χ0n) is 18.5. The largest absolute Gasteiger partial charge is 0.438 e. The van der Waals surface area contributed by atoms with Crippen LogP contribution in [0.2, 0.25) is 0 Å². The summed E-state index contributed by atoms with van der Waals surface area (Å²) in [5.41, 5.74) is 6.03. The Morgan fingerprint density at radius 1 is 1.03 bits per heavy atom. The summed E-state index contributed by atoms with van der Waals surface area (Å²) in [4.78, 5) is 21.8. The number of carbonyl (C=O) groups is 1. The molecule has 0 bridgehead atoms. The Morgan fingerprint density at radius 3 is 2.53 bits per heavy atom. The van der Waals surface area contributed by atoms with E-state index in [1.54, 1.807) is 0 Å². The molecule has 0 radical (unpaired) electrons. The first kappa shape index (κ1) is 20.3. The Morgan fingerprint density at radius 2 is 1.78 bits per heavy atom. The van der Waals surface area contributed by atoms with E-state index in [1.807, 2.05) is 55.4 Å². The maximum Gasteiger partial charge on any atom is 0.227 e. The number of benzene rings is 3. The monoisotopic (exact) mass is 425 g/mol. The minimum atomic E-state index is -0.0959. The van der Waals surface area contributed by atoms with Crippen molar-refractivity contribution in [3.05, 3.63) is 84.3 Å². The second-order valence-electron chi connectivity index (χ2n) is 8.58. The van der Waals surface area contributed by atoms with Crippen LogP contribution in [0.15, 0.2) is 77.2 Å². The Kier molecular flexibility index (Phi) is 5.39. The summed E-state index contributed by atoms with van der Waals surface area (Å²) >= 11 is 0. The molecule has 162 valence electrons. The molecule has 0 saturated carbocycles. The molecule has 0 aliphatic carbocycles. The molecule has 1 fully saturated rings. The topological polar surface area (TPSA) is 49.6 Å². The number of amides is 1. The molecule has 5 heteroatoms. The van der Waals surface area contributed by atoms with Gasteiger partial charge in [-0.15, -0.1) is 0 Å². The molecule has 3 aromatic carbocycles. The highest BCUT2D eigenvalue weighted by Crippen LogP contribution is 2.35. The van der Waals surface area contributed by atoms with Crippen molar-refractivity contribution in [2.24, 2.45) is 0 Å². The fraction of sp³-hybridized carbons (Fsp3) is 0.259. The zero-order valence-corrected chi connectivity index (χ0v) is 18.5. The minimum absolute atomic E-state index is 0.0959. The van der Waals surface area contributed by atoms with E-state index in [-0.39, 0.29) is 11.9 Å². The number of hydrogen-bond acceptors (Lipinski definition) is 4. The standard InChI is InChI=1S/C27H27N3O2/c1-29(2)22-13-10-20(11-14-22)21-12-15-25-23(18-21)28-27(32-25)24-9-6-16-30(24)26(31)17-19-7-4-3-5-8-19/h3-5,7-8,10-15,18,24H,6,9,16-17H2,1-2H3/t24-/m0/s1. The van der Waals surface area contributed by atoms with Crippen LogP contribution in [-0.2, 0) is 11.2 Å². The number of nitrogens with zero attached hydrogens (tertiary/aromatic N) is 3. The van der Waals surface area contributed by atoms with Crippen molar-refractivity contribution in [1.82, 2.24) is 9.88 Å². The van der Waals surface area contributed by atoms with E-state index >= 15 is 0 Å². The molecule has 5 rings (SSSR count). The van der Waals surface area contributed by atoms with Gasteiger partial charge in [0.1, 0.15) is 11.6 Å². The Hall–Kier alpha value is -3.60. The van der Waals surface area contributed by atoms with Crippen molar-refractivity contribution >= 4 is 22.7 Å². The minimum Gasteiger partial charge on any atom is -0.438 e. The fourth-order valence-corrected chi connectivity index (χ4v) is 4.41. The average Bonchev–Trinajstić information content (AvgIpc) is 3.46. The first-order valence-corrected chi connectivity index (χ1v) is 11.1. The van der Waals surface area contributed by atoms with Crippen molar-refractivity contribution in [2.75, 3.05) is 25.5 Å². The van der Waals surface area contributed by atoms with Crippen LogP contribution in [0.1, 0.15) is 30.3 Å². The highest BCUT2D eigenvalue weighted by atomic mass is 16.3. The van der Waals surface area contributed by atoms with Gasteiger partial charge in [-0.1, -0.05) is 48.5 Å². The first-order chi connectivity index (χ1) is 15.6. The van der Waals surface area contributed by atoms with E-state index in [9.17, 15) is 4.79 Å². The van der Waals surface area contributed by atoms with Gasteiger partial charge in [0.25, 0.3) is 0 Å². The van der Waals surface area contributed by atoms with E-state index < -0.39 is 0 Å². The molecule has 32 heavy (non-hydrogen) atoms. The molecule has 4 aromatic rings. The number of likely N-dealkylation sites (tertiary alicyclic amines) is 1. The lowest BCUT2D eigenvalue weighted by Crippen LogP contribution is -2.32. The van der Waals surface area contributed by atoms with Crippen LogP contribution in [0.4, 0.5) is 5.69 Å². The summed E-state index contributed by atoms with van der Waals surface area (Å²) in [5.74, 6) is 0.765.